The molecule has 0 saturated carbocycles. The van der Waals surface area contributed by atoms with Gasteiger partial charge in [-0.05, 0) is 24.1 Å². The largest absolute Gasteiger partial charge is 0.481 e. The Bertz CT molecular complexity index is 401. The number of carboxylic acid groups (broad SMARTS) is 1. The third kappa shape index (κ3) is 5.12. The van der Waals surface area contributed by atoms with Crippen LogP contribution in [0.3, 0.4) is 0 Å². The van der Waals surface area contributed by atoms with Crippen molar-refractivity contribution in [1.29, 1.82) is 0 Å². The molecule has 5 heteroatoms. The molecule has 0 spiro atoms. The van der Waals surface area contributed by atoms with Gasteiger partial charge < -0.3 is 16.2 Å². The second-order valence-corrected chi connectivity index (χ2v) is 3.94. The number of nitrogens with one attached hydrogen (secondary N) is 1. The van der Waals surface area contributed by atoms with Crippen molar-refractivity contribution in [3.8, 4) is 0 Å². The van der Waals surface area contributed by atoms with Crippen LogP contribution in [-0.2, 0) is 16.0 Å². The van der Waals surface area contributed by atoms with E-state index in [9.17, 15) is 9.59 Å². The SMILES string of the molecule is CC(=O)Nc1ccc(C[C@@H](N)CC(=O)O)cc1. The summed E-state index contributed by atoms with van der Waals surface area (Å²) in [4.78, 5) is 21.2. The van der Waals surface area contributed by atoms with E-state index in [2.05, 4.69) is 5.32 Å². The summed E-state index contributed by atoms with van der Waals surface area (Å²) < 4.78 is 0. The molecule has 0 fully saturated rings. The minimum absolute atomic E-state index is 0.0482. The monoisotopic (exact) mass is 236 g/mol. The molecule has 0 heterocycles. The summed E-state index contributed by atoms with van der Waals surface area (Å²) in [6.45, 7) is 1.44. The highest BCUT2D eigenvalue weighted by Gasteiger charge is 2.08. The van der Waals surface area contributed by atoms with Gasteiger partial charge in [0.1, 0.15) is 0 Å². The fourth-order valence-corrected chi connectivity index (χ4v) is 1.53. The van der Waals surface area contributed by atoms with Gasteiger partial charge in [0.2, 0.25) is 5.91 Å². The van der Waals surface area contributed by atoms with E-state index in [-0.39, 0.29) is 18.4 Å². The Morgan fingerprint density at radius 3 is 2.41 bits per heavy atom. The number of benzene rings is 1. The molecule has 0 aliphatic rings. The molecule has 1 aromatic rings. The van der Waals surface area contributed by atoms with Crippen LogP contribution >= 0.6 is 0 Å². The van der Waals surface area contributed by atoms with Gasteiger partial charge in [-0.25, -0.2) is 0 Å². The minimum atomic E-state index is -0.896. The van der Waals surface area contributed by atoms with E-state index in [0.717, 1.165) is 5.56 Å². The molecule has 0 aliphatic carbocycles. The lowest BCUT2D eigenvalue weighted by atomic mass is 10.0. The Labute approximate surface area is 99.6 Å². The summed E-state index contributed by atoms with van der Waals surface area (Å²) in [6.07, 6.45) is 0.458. The predicted octanol–water partition coefficient (Wildman–Crippen LogP) is 0.989. The smallest absolute Gasteiger partial charge is 0.304 e. The standard InChI is InChI=1S/C12H16N2O3/c1-8(15)14-11-4-2-9(3-5-11)6-10(13)7-12(16)17/h2-5,10H,6-7,13H2,1H3,(H,14,15)(H,16,17)/t10-/m1/s1. The van der Waals surface area contributed by atoms with Crippen molar-refractivity contribution < 1.29 is 14.7 Å². The van der Waals surface area contributed by atoms with Gasteiger partial charge in [-0.15, -0.1) is 0 Å². The van der Waals surface area contributed by atoms with Crippen LogP contribution in [0.25, 0.3) is 0 Å². The zero-order valence-corrected chi connectivity index (χ0v) is 9.64. The maximum atomic E-state index is 10.8. The maximum absolute atomic E-state index is 10.8. The van der Waals surface area contributed by atoms with E-state index in [4.69, 9.17) is 10.8 Å². The molecule has 0 radical (unpaired) electrons. The molecule has 0 aliphatic heterocycles. The highest BCUT2D eigenvalue weighted by atomic mass is 16.4. The molecular formula is C12H16N2O3. The number of hydrogen-bond acceptors (Lipinski definition) is 3. The number of carboxylic acids is 1. The van der Waals surface area contributed by atoms with Crippen LogP contribution in [-0.4, -0.2) is 23.0 Å². The summed E-state index contributed by atoms with van der Waals surface area (Å²) >= 11 is 0. The number of carbonyl (C=O) groups excluding carboxylic acids is 1. The molecule has 17 heavy (non-hydrogen) atoms. The molecule has 92 valence electrons. The van der Waals surface area contributed by atoms with Crippen LogP contribution in [0.1, 0.15) is 18.9 Å². The quantitative estimate of drug-likeness (QED) is 0.710. The first kappa shape index (κ1) is 13.2. The number of carbonyl (C=O) groups is 2. The van der Waals surface area contributed by atoms with Gasteiger partial charge in [0.15, 0.2) is 0 Å². The average molecular weight is 236 g/mol. The number of anilines is 1. The van der Waals surface area contributed by atoms with Crippen molar-refractivity contribution in [3.05, 3.63) is 29.8 Å². The summed E-state index contributed by atoms with van der Waals surface area (Å²) in [5.41, 5.74) is 7.34. The van der Waals surface area contributed by atoms with Crippen LogP contribution in [0.15, 0.2) is 24.3 Å². The summed E-state index contributed by atoms with van der Waals surface area (Å²) in [5.74, 6) is -1.02. The van der Waals surface area contributed by atoms with E-state index in [1.807, 2.05) is 12.1 Å². The minimum Gasteiger partial charge on any atom is -0.481 e. The first-order chi connectivity index (χ1) is 7.97. The van der Waals surface area contributed by atoms with Crippen molar-refractivity contribution in [2.45, 2.75) is 25.8 Å². The van der Waals surface area contributed by atoms with Crippen LogP contribution in [0, 0.1) is 0 Å². The second kappa shape index (κ2) is 6.00. The summed E-state index contributed by atoms with van der Waals surface area (Å²) in [5, 5.41) is 11.2. The molecule has 0 saturated heterocycles. The van der Waals surface area contributed by atoms with Crippen molar-refractivity contribution in [2.75, 3.05) is 5.32 Å². The van der Waals surface area contributed by atoms with Gasteiger partial charge in [0.05, 0.1) is 6.42 Å². The second-order valence-electron chi connectivity index (χ2n) is 3.94. The van der Waals surface area contributed by atoms with E-state index >= 15 is 0 Å². The number of nitrogens with two attached hydrogens (primary N) is 1. The van der Waals surface area contributed by atoms with Crippen molar-refractivity contribution in [2.24, 2.45) is 5.73 Å². The Kier molecular flexibility index (Phi) is 4.66. The van der Waals surface area contributed by atoms with Gasteiger partial charge in [-0.1, -0.05) is 12.1 Å². The van der Waals surface area contributed by atoms with E-state index in [0.29, 0.717) is 12.1 Å². The first-order valence-electron chi connectivity index (χ1n) is 5.31. The topological polar surface area (TPSA) is 92.4 Å². The third-order valence-corrected chi connectivity index (χ3v) is 2.21. The highest BCUT2D eigenvalue weighted by Crippen LogP contribution is 2.11. The van der Waals surface area contributed by atoms with E-state index in [1.165, 1.54) is 6.92 Å². The number of amides is 1. The molecular weight excluding hydrogens is 220 g/mol. The number of aliphatic carboxylic acids is 1. The molecule has 0 unspecified atom stereocenters. The molecule has 4 N–H and O–H groups in total. The zero-order chi connectivity index (χ0) is 12.8. The van der Waals surface area contributed by atoms with Crippen LogP contribution in [0.4, 0.5) is 5.69 Å². The number of rotatable bonds is 5. The van der Waals surface area contributed by atoms with Crippen molar-refractivity contribution in [1.82, 2.24) is 0 Å². The Balaban J connectivity index is 2.56. The summed E-state index contributed by atoms with van der Waals surface area (Å²) in [7, 11) is 0. The average Bonchev–Trinajstić information content (AvgIpc) is 2.18. The van der Waals surface area contributed by atoms with Crippen LogP contribution in [0.2, 0.25) is 0 Å². The normalized spacial score (nSPS) is 11.9. The molecule has 0 aromatic heterocycles. The fraction of sp³-hybridized carbons (Fsp3) is 0.333. The van der Waals surface area contributed by atoms with Gasteiger partial charge >= 0.3 is 5.97 Å². The zero-order valence-electron chi connectivity index (χ0n) is 9.64. The molecule has 1 amide bonds. The van der Waals surface area contributed by atoms with Crippen LogP contribution in [0.5, 0.6) is 0 Å². The van der Waals surface area contributed by atoms with Gasteiger partial charge in [-0.2, -0.15) is 0 Å². The Morgan fingerprint density at radius 2 is 1.94 bits per heavy atom. The maximum Gasteiger partial charge on any atom is 0.304 e. The van der Waals surface area contributed by atoms with Crippen molar-refractivity contribution in [3.63, 3.8) is 0 Å². The van der Waals surface area contributed by atoms with Crippen LogP contribution < -0.4 is 11.1 Å². The highest BCUT2D eigenvalue weighted by molar-refractivity contribution is 5.88. The molecule has 0 bridgehead atoms. The molecule has 1 atom stereocenters. The van der Waals surface area contributed by atoms with Gasteiger partial charge in [-0.3, -0.25) is 9.59 Å². The molecule has 1 rings (SSSR count). The van der Waals surface area contributed by atoms with E-state index < -0.39 is 5.97 Å². The summed E-state index contributed by atoms with van der Waals surface area (Å²) in [6, 6.07) is 6.80. The lowest BCUT2D eigenvalue weighted by Gasteiger charge is -2.09. The predicted molar refractivity (Wildman–Crippen MR) is 64.7 cm³/mol. The first-order valence-corrected chi connectivity index (χ1v) is 5.31. The van der Waals surface area contributed by atoms with E-state index in [1.54, 1.807) is 12.1 Å². The third-order valence-electron chi connectivity index (χ3n) is 2.21. The lowest BCUT2D eigenvalue weighted by molar-refractivity contribution is -0.137. The molecule has 1 aromatic carbocycles. The van der Waals surface area contributed by atoms with Gasteiger partial charge in [0, 0.05) is 18.7 Å². The fourth-order valence-electron chi connectivity index (χ4n) is 1.53. The number of hydrogen-bond donors (Lipinski definition) is 3. The van der Waals surface area contributed by atoms with Crippen molar-refractivity contribution >= 4 is 17.6 Å². The lowest BCUT2D eigenvalue weighted by Crippen LogP contribution is -2.26. The Morgan fingerprint density at radius 1 is 1.35 bits per heavy atom. The molecule has 5 nitrogen and oxygen atoms in total. The van der Waals surface area contributed by atoms with Gasteiger partial charge in [0.25, 0.3) is 0 Å². The Hall–Kier alpha value is -1.88.